The Labute approximate surface area is 389 Å². The molecule has 0 bridgehead atoms. The molecule has 2 nitrogen and oxygen atoms in total. The Bertz CT molecular complexity index is 3920. The molecule has 0 fully saturated rings. The first kappa shape index (κ1) is 37.6. The standard InChI is InChI=1S/C65H40N2/c1-3-16-41(17-4-1)42-30-32-43(33-31-42)61-40-62(67-64(66-61)44-18-5-2-6-19-44)46-34-36-54-55(39-46)49-21-8-7-20-48(49)53-26-15-25-47(63(53)54)45-35-37-60-56(38-45)52-24-11-14-29-59(52)65(60)57-27-12-9-22-50(57)51-23-10-13-28-58(51)65/h1-40H. The van der Waals surface area contributed by atoms with Gasteiger partial charge in [-0.15, -0.1) is 0 Å². The summed E-state index contributed by atoms with van der Waals surface area (Å²) < 4.78 is 0. The van der Waals surface area contributed by atoms with Crippen molar-refractivity contribution in [1.29, 1.82) is 0 Å². The van der Waals surface area contributed by atoms with Gasteiger partial charge in [0.1, 0.15) is 0 Å². The maximum absolute atomic E-state index is 5.28. The normalized spacial score (nSPS) is 12.9. The van der Waals surface area contributed by atoms with E-state index in [1.165, 1.54) is 99.1 Å². The Morgan fingerprint density at radius 2 is 0.687 bits per heavy atom. The van der Waals surface area contributed by atoms with E-state index in [1.54, 1.807) is 0 Å². The molecule has 1 heterocycles. The van der Waals surface area contributed by atoms with Gasteiger partial charge in [0.2, 0.25) is 0 Å². The third kappa shape index (κ3) is 5.57. The lowest BCUT2D eigenvalue weighted by Gasteiger charge is -2.30. The quantitative estimate of drug-likeness (QED) is 0.161. The molecule has 0 N–H and O–H groups in total. The zero-order valence-electron chi connectivity index (χ0n) is 36.5. The molecule has 2 aliphatic rings. The predicted molar refractivity (Wildman–Crippen MR) is 278 cm³/mol. The van der Waals surface area contributed by atoms with Gasteiger partial charge < -0.3 is 0 Å². The third-order valence-corrected chi connectivity index (χ3v) is 14.5. The van der Waals surface area contributed by atoms with Crippen molar-refractivity contribution in [3.8, 4) is 78.4 Å². The molecule has 11 aromatic carbocycles. The number of rotatable bonds is 5. The molecule has 67 heavy (non-hydrogen) atoms. The molecule has 2 heteroatoms. The molecule has 0 unspecified atom stereocenters. The molecule has 12 aromatic rings. The van der Waals surface area contributed by atoms with E-state index in [-0.39, 0.29) is 5.41 Å². The zero-order valence-corrected chi connectivity index (χ0v) is 36.5. The van der Waals surface area contributed by atoms with E-state index in [4.69, 9.17) is 9.97 Å². The fourth-order valence-corrected chi connectivity index (χ4v) is 11.6. The van der Waals surface area contributed by atoms with Crippen LogP contribution in [0.15, 0.2) is 243 Å². The molecule has 1 spiro atoms. The Kier molecular flexibility index (Phi) is 8.23. The fourth-order valence-electron chi connectivity index (χ4n) is 11.6. The lowest BCUT2D eigenvalue weighted by molar-refractivity contribution is 0.794. The zero-order chi connectivity index (χ0) is 44.1. The summed E-state index contributed by atoms with van der Waals surface area (Å²) in [6.45, 7) is 0. The highest BCUT2D eigenvalue weighted by atomic mass is 14.9. The Morgan fingerprint density at radius 3 is 1.36 bits per heavy atom. The van der Waals surface area contributed by atoms with Crippen LogP contribution in [0.5, 0.6) is 0 Å². The second kappa shape index (κ2) is 14.7. The highest BCUT2D eigenvalue weighted by Gasteiger charge is 2.51. The third-order valence-electron chi connectivity index (χ3n) is 14.5. The summed E-state index contributed by atoms with van der Waals surface area (Å²) in [5, 5.41) is 7.39. The molecule has 310 valence electrons. The maximum atomic E-state index is 5.28. The SMILES string of the molecule is c1ccc(-c2ccc(-c3cc(-c4ccc5c(c4)c4ccccc4c4cccc(-c6ccc7c(c6)-c6ccccc6C76c7ccccc7-c7ccccc76)c45)nc(-c4ccccc4)n3)cc2)cc1. The largest absolute Gasteiger partial charge is 0.228 e. The lowest BCUT2D eigenvalue weighted by Crippen LogP contribution is -2.25. The minimum atomic E-state index is -0.372. The smallest absolute Gasteiger partial charge is 0.160 e. The molecule has 0 aliphatic heterocycles. The molecule has 0 saturated heterocycles. The highest BCUT2D eigenvalue weighted by molar-refractivity contribution is 6.29. The van der Waals surface area contributed by atoms with Crippen molar-refractivity contribution in [3.05, 3.63) is 265 Å². The molecular formula is C65H40N2. The van der Waals surface area contributed by atoms with Crippen molar-refractivity contribution in [2.45, 2.75) is 5.41 Å². The molecule has 0 amide bonds. The summed E-state index contributed by atoms with van der Waals surface area (Å²) >= 11 is 0. The van der Waals surface area contributed by atoms with Gasteiger partial charge in [0, 0.05) is 16.7 Å². The van der Waals surface area contributed by atoms with Crippen LogP contribution in [-0.4, -0.2) is 9.97 Å². The second-order valence-electron chi connectivity index (χ2n) is 18.0. The lowest BCUT2D eigenvalue weighted by atomic mass is 9.70. The summed E-state index contributed by atoms with van der Waals surface area (Å²) in [5.74, 6) is 0.704. The van der Waals surface area contributed by atoms with Crippen LogP contribution >= 0.6 is 0 Å². The van der Waals surface area contributed by atoms with Gasteiger partial charge in [-0.3, -0.25) is 0 Å². The van der Waals surface area contributed by atoms with Crippen molar-refractivity contribution in [1.82, 2.24) is 9.97 Å². The first-order valence-electron chi connectivity index (χ1n) is 23.1. The molecule has 0 saturated carbocycles. The summed E-state index contributed by atoms with van der Waals surface area (Å²) in [6.07, 6.45) is 0. The van der Waals surface area contributed by atoms with Crippen molar-refractivity contribution >= 4 is 32.3 Å². The number of hydrogen-bond acceptors (Lipinski definition) is 2. The van der Waals surface area contributed by atoms with Crippen LogP contribution in [0.4, 0.5) is 0 Å². The van der Waals surface area contributed by atoms with E-state index >= 15 is 0 Å². The summed E-state index contributed by atoms with van der Waals surface area (Å²) in [4.78, 5) is 10.5. The van der Waals surface area contributed by atoms with E-state index in [9.17, 15) is 0 Å². The minimum Gasteiger partial charge on any atom is -0.228 e. The van der Waals surface area contributed by atoms with Crippen molar-refractivity contribution in [3.63, 3.8) is 0 Å². The molecule has 0 atom stereocenters. The average Bonchev–Trinajstić information content (AvgIpc) is 3.88. The van der Waals surface area contributed by atoms with Gasteiger partial charge in [0.25, 0.3) is 0 Å². The summed E-state index contributed by atoms with van der Waals surface area (Å²) in [5.41, 5.74) is 20.0. The maximum Gasteiger partial charge on any atom is 0.160 e. The molecular weight excluding hydrogens is 809 g/mol. The molecule has 1 aromatic heterocycles. The van der Waals surface area contributed by atoms with Crippen LogP contribution in [-0.2, 0) is 5.41 Å². The van der Waals surface area contributed by atoms with Crippen LogP contribution in [0.2, 0.25) is 0 Å². The molecule has 14 rings (SSSR count). The van der Waals surface area contributed by atoms with Crippen molar-refractivity contribution < 1.29 is 0 Å². The Morgan fingerprint density at radius 1 is 0.239 bits per heavy atom. The van der Waals surface area contributed by atoms with Crippen LogP contribution in [0.3, 0.4) is 0 Å². The van der Waals surface area contributed by atoms with Gasteiger partial charge in [-0.05, 0) is 117 Å². The topological polar surface area (TPSA) is 25.8 Å². The van der Waals surface area contributed by atoms with Crippen LogP contribution in [0, 0.1) is 0 Å². The van der Waals surface area contributed by atoms with E-state index in [0.29, 0.717) is 5.82 Å². The van der Waals surface area contributed by atoms with Crippen molar-refractivity contribution in [2.24, 2.45) is 0 Å². The van der Waals surface area contributed by atoms with Gasteiger partial charge in [-0.2, -0.15) is 0 Å². The second-order valence-corrected chi connectivity index (χ2v) is 18.0. The first-order chi connectivity index (χ1) is 33.2. The highest BCUT2D eigenvalue weighted by Crippen LogP contribution is 2.63. The van der Waals surface area contributed by atoms with Crippen LogP contribution in [0.25, 0.3) is 111 Å². The Hall–Kier alpha value is -8.72. The minimum absolute atomic E-state index is 0.372. The predicted octanol–water partition coefficient (Wildman–Crippen LogP) is 16.6. The van der Waals surface area contributed by atoms with Gasteiger partial charge >= 0.3 is 0 Å². The van der Waals surface area contributed by atoms with Crippen LogP contribution < -0.4 is 0 Å². The molecule has 0 radical (unpaired) electrons. The number of benzene rings is 11. The number of aromatic nitrogens is 2. The van der Waals surface area contributed by atoms with Gasteiger partial charge in [0.05, 0.1) is 16.8 Å². The fraction of sp³-hybridized carbons (Fsp3) is 0.0154. The molecule has 2 aliphatic carbocycles. The van der Waals surface area contributed by atoms with Crippen molar-refractivity contribution in [2.75, 3.05) is 0 Å². The monoisotopic (exact) mass is 848 g/mol. The van der Waals surface area contributed by atoms with E-state index in [0.717, 1.165) is 28.1 Å². The summed E-state index contributed by atoms with van der Waals surface area (Å²) in [6, 6.07) is 88.7. The van der Waals surface area contributed by atoms with Crippen LogP contribution in [0.1, 0.15) is 22.3 Å². The van der Waals surface area contributed by atoms with E-state index in [1.807, 2.05) is 6.07 Å². The summed E-state index contributed by atoms with van der Waals surface area (Å²) in [7, 11) is 0. The number of fused-ring (bicyclic) bond motifs is 16. The average molecular weight is 849 g/mol. The van der Waals surface area contributed by atoms with Gasteiger partial charge in [-0.25, -0.2) is 9.97 Å². The number of hydrogen-bond donors (Lipinski definition) is 0. The van der Waals surface area contributed by atoms with E-state index in [2.05, 4.69) is 237 Å². The first-order valence-corrected chi connectivity index (χ1v) is 23.1. The Balaban J connectivity index is 0.956. The van der Waals surface area contributed by atoms with Gasteiger partial charge in [0.15, 0.2) is 5.82 Å². The number of nitrogens with zero attached hydrogens (tertiary/aromatic N) is 2. The van der Waals surface area contributed by atoms with E-state index < -0.39 is 0 Å². The van der Waals surface area contributed by atoms with Gasteiger partial charge in [-0.1, -0.05) is 224 Å².